The Bertz CT molecular complexity index is 501. The molecule has 1 atom stereocenters. The third kappa shape index (κ3) is 4.93. The van der Waals surface area contributed by atoms with Crippen LogP contribution in [0.2, 0.25) is 0 Å². The van der Waals surface area contributed by atoms with Gasteiger partial charge in [-0.05, 0) is 65.2 Å². The maximum atomic E-state index is 12.2. The van der Waals surface area contributed by atoms with Crippen molar-refractivity contribution < 1.29 is 4.79 Å². The van der Waals surface area contributed by atoms with E-state index in [0.717, 1.165) is 18.8 Å². The number of rotatable bonds is 4. The van der Waals surface area contributed by atoms with Gasteiger partial charge >= 0.3 is 0 Å². The lowest BCUT2D eigenvalue weighted by Crippen LogP contribution is -2.47. The standard InChI is InChI=1S/C18H29N3O/c1-14(17(22)20-18(2,3)4)19-15-9-8-10-16(13-15)21-11-6-5-7-12-21/h8-10,13-14,19H,5-7,11-12H2,1-4H3,(H,20,22). The summed E-state index contributed by atoms with van der Waals surface area (Å²) in [4.78, 5) is 14.6. The van der Waals surface area contributed by atoms with E-state index in [1.807, 2.05) is 33.8 Å². The number of carbonyl (C=O) groups is 1. The average molecular weight is 303 g/mol. The predicted molar refractivity (Wildman–Crippen MR) is 93.5 cm³/mol. The normalized spacial score (nSPS) is 17.0. The largest absolute Gasteiger partial charge is 0.374 e. The van der Waals surface area contributed by atoms with Gasteiger partial charge in [0, 0.05) is 30.0 Å². The molecule has 0 spiro atoms. The third-order valence-electron chi connectivity index (χ3n) is 3.84. The fourth-order valence-electron chi connectivity index (χ4n) is 2.74. The molecule has 0 radical (unpaired) electrons. The Labute approximate surface area is 134 Å². The maximum Gasteiger partial charge on any atom is 0.242 e. The second-order valence-electron chi connectivity index (χ2n) is 7.20. The number of hydrogen-bond acceptors (Lipinski definition) is 3. The van der Waals surface area contributed by atoms with E-state index in [9.17, 15) is 4.79 Å². The highest BCUT2D eigenvalue weighted by atomic mass is 16.2. The van der Waals surface area contributed by atoms with E-state index in [4.69, 9.17) is 0 Å². The van der Waals surface area contributed by atoms with Crippen LogP contribution in [0.4, 0.5) is 11.4 Å². The van der Waals surface area contributed by atoms with Gasteiger partial charge in [0.05, 0.1) is 0 Å². The first-order valence-corrected chi connectivity index (χ1v) is 8.29. The summed E-state index contributed by atoms with van der Waals surface area (Å²) >= 11 is 0. The van der Waals surface area contributed by atoms with E-state index in [1.54, 1.807) is 0 Å². The number of amides is 1. The number of piperidine rings is 1. The molecule has 0 saturated carbocycles. The zero-order valence-corrected chi connectivity index (χ0v) is 14.3. The molecule has 0 bridgehead atoms. The van der Waals surface area contributed by atoms with Gasteiger partial charge in [-0.1, -0.05) is 6.07 Å². The minimum absolute atomic E-state index is 0.0240. The Balaban J connectivity index is 1.99. The first-order chi connectivity index (χ1) is 10.3. The Hall–Kier alpha value is -1.71. The van der Waals surface area contributed by atoms with Gasteiger partial charge in [0.15, 0.2) is 0 Å². The van der Waals surface area contributed by atoms with Crippen molar-refractivity contribution in [1.82, 2.24) is 5.32 Å². The average Bonchev–Trinajstić information content (AvgIpc) is 2.46. The monoisotopic (exact) mass is 303 g/mol. The highest BCUT2D eigenvalue weighted by Crippen LogP contribution is 2.23. The summed E-state index contributed by atoms with van der Waals surface area (Å²) in [5, 5.41) is 6.31. The van der Waals surface area contributed by atoms with Gasteiger partial charge in [-0.25, -0.2) is 0 Å². The molecule has 1 heterocycles. The van der Waals surface area contributed by atoms with Gasteiger partial charge in [0.25, 0.3) is 0 Å². The lowest BCUT2D eigenvalue weighted by molar-refractivity contribution is -0.122. The molecule has 1 aliphatic heterocycles. The first kappa shape index (κ1) is 16.7. The number of nitrogens with zero attached hydrogens (tertiary/aromatic N) is 1. The predicted octanol–water partition coefficient (Wildman–Crippen LogP) is 3.39. The molecule has 1 saturated heterocycles. The van der Waals surface area contributed by atoms with Crippen LogP contribution in [-0.4, -0.2) is 30.6 Å². The lowest BCUT2D eigenvalue weighted by Gasteiger charge is -2.29. The van der Waals surface area contributed by atoms with Crippen LogP contribution in [0.1, 0.15) is 47.0 Å². The molecule has 1 aromatic rings. The van der Waals surface area contributed by atoms with Crippen LogP contribution in [0, 0.1) is 0 Å². The molecule has 4 heteroatoms. The zero-order valence-electron chi connectivity index (χ0n) is 14.3. The SMILES string of the molecule is CC(Nc1cccc(N2CCCCC2)c1)C(=O)NC(C)(C)C. The summed E-state index contributed by atoms with van der Waals surface area (Å²) < 4.78 is 0. The highest BCUT2D eigenvalue weighted by Gasteiger charge is 2.19. The molecule has 2 N–H and O–H groups in total. The molecule has 1 aliphatic rings. The maximum absolute atomic E-state index is 12.2. The van der Waals surface area contributed by atoms with Crippen molar-refractivity contribution in [3.05, 3.63) is 24.3 Å². The van der Waals surface area contributed by atoms with Crippen molar-refractivity contribution in [2.45, 2.75) is 58.5 Å². The molecule has 22 heavy (non-hydrogen) atoms. The summed E-state index contributed by atoms with van der Waals surface area (Å²) in [6.07, 6.45) is 3.86. The van der Waals surface area contributed by atoms with E-state index >= 15 is 0 Å². The molecule has 1 amide bonds. The van der Waals surface area contributed by atoms with Crippen LogP contribution in [0.15, 0.2) is 24.3 Å². The summed E-state index contributed by atoms with van der Waals surface area (Å²) in [5.41, 5.74) is 2.04. The quantitative estimate of drug-likeness (QED) is 0.896. The molecule has 1 unspecified atom stereocenters. The topological polar surface area (TPSA) is 44.4 Å². The summed E-state index contributed by atoms with van der Waals surface area (Å²) in [7, 11) is 0. The van der Waals surface area contributed by atoms with Gasteiger partial charge in [-0.3, -0.25) is 4.79 Å². The number of nitrogens with one attached hydrogen (secondary N) is 2. The van der Waals surface area contributed by atoms with Gasteiger partial charge in [0.1, 0.15) is 6.04 Å². The second kappa shape index (κ2) is 7.03. The van der Waals surface area contributed by atoms with Crippen molar-refractivity contribution in [2.24, 2.45) is 0 Å². The van der Waals surface area contributed by atoms with Gasteiger partial charge in [0.2, 0.25) is 5.91 Å². The van der Waals surface area contributed by atoms with Crippen molar-refractivity contribution in [2.75, 3.05) is 23.3 Å². The van der Waals surface area contributed by atoms with Crippen LogP contribution >= 0.6 is 0 Å². The summed E-state index contributed by atoms with van der Waals surface area (Å²) in [6, 6.07) is 8.12. The number of anilines is 2. The van der Waals surface area contributed by atoms with Crippen molar-refractivity contribution in [3.63, 3.8) is 0 Å². The fourth-order valence-corrected chi connectivity index (χ4v) is 2.74. The summed E-state index contributed by atoms with van der Waals surface area (Å²) in [6.45, 7) is 10.1. The molecule has 1 fully saturated rings. The van der Waals surface area contributed by atoms with E-state index in [0.29, 0.717) is 0 Å². The Morgan fingerprint density at radius 1 is 1.18 bits per heavy atom. The van der Waals surface area contributed by atoms with Gasteiger partial charge in [-0.15, -0.1) is 0 Å². The van der Waals surface area contributed by atoms with Gasteiger partial charge < -0.3 is 15.5 Å². The van der Waals surface area contributed by atoms with Gasteiger partial charge in [-0.2, -0.15) is 0 Å². The van der Waals surface area contributed by atoms with Crippen LogP contribution < -0.4 is 15.5 Å². The lowest BCUT2D eigenvalue weighted by atomic mass is 10.1. The minimum atomic E-state index is -0.254. The first-order valence-electron chi connectivity index (χ1n) is 8.29. The van der Waals surface area contributed by atoms with Crippen molar-refractivity contribution >= 4 is 17.3 Å². The summed E-state index contributed by atoms with van der Waals surface area (Å²) in [5.74, 6) is 0.0240. The van der Waals surface area contributed by atoms with Crippen LogP contribution in [0.25, 0.3) is 0 Å². The fraction of sp³-hybridized carbons (Fsp3) is 0.611. The molecule has 1 aromatic carbocycles. The van der Waals surface area contributed by atoms with E-state index in [-0.39, 0.29) is 17.5 Å². The molecular weight excluding hydrogens is 274 g/mol. The Morgan fingerprint density at radius 3 is 2.50 bits per heavy atom. The third-order valence-corrected chi connectivity index (χ3v) is 3.84. The zero-order chi connectivity index (χ0) is 16.2. The minimum Gasteiger partial charge on any atom is -0.374 e. The van der Waals surface area contributed by atoms with E-state index < -0.39 is 0 Å². The van der Waals surface area contributed by atoms with Crippen molar-refractivity contribution in [1.29, 1.82) is 0 Å². The van der Waals surface area contributed by atoms with Crippen LogP contribution in [0.3, 0.4) is 0 Å². The van der Waals surface area contributed by atoms with Crippen molar-refractivity contribution in [3.8, 4) is 0 Å². The van der Waals surface area contributed by atoms with Crippen LogP contribution in [-0.2, 0) is 4.79 Å². The molecule has 0 aliphatic carbocycles. The number of benzene rings is 1. The number of carbonyl (C=O) groups excluding carboxylic acids is 1. The van der Waals surface area contributed by atoms with Crippen LogP contribution in [0.5, 0.6) is 0 Å². The Kier molecular flexibility index (Phi) is 5.33. The Morgan fingerprint density at radius 2 is 1.86 bits per heavy atom. The highest BCUT2D eigenvalue weighted by molar-refractivity contribution is 5.84. The van der Waals surface area contributed by atoms with E-state index in [1.165, 1.54) is 24.9 Å². The molecule has 4 nitrogen and oxygen atoms in total. The number of hydrogen-bond donors (Lipinski definition) is 2. The molecule has 2 rings (SSSR count). The molecular formula is C18H29N3O. The molecule has 0 aromatic heterocycles. The van der Waals surface area contributed by atoms with E-state index in [2.05, 4.69) is 33.7 Å². The second-order valence-corrected chi connectivity index (χ2v) is 7.20. The molecule has 122 valence electrons. The smallest absolute Gasteiger partial charge is 0.242 e.